The van der Waals surface area contributed by atoms with E-state index in [0.717, 1.165) is 19.5 Å². The van der Waals surface area contributed by atoms with E-state index < -0.39 is 0 Å². The van der Waals surface area contributed by atoms with E-state index in [1.807, 2.05) is 24.5 Å². The third kappa shape index (κ3) is 2.06. The van der Waals surface area contributed by atoms with Crippen LogP contribution in [-0.2, 0) is 13.0 Å². The molecule has 2 aliphatic rings. The minimum atomic E-state index is 0.996. The van der Waals surface area contributed by atoms with Crippen molar-refractivity contribution in [1.29, 1.82) is 0 Å². The summed E-state index contributed by atoms with van der Waals surface area (Å²) in [6.07, 6.45) is 5.09. The lowest BCUT2D eigenvalue weighted by molar-refractivity contribution is 0.556. The van der Waals surface area contributed by atoms with Gasteiger partial charge < -0.3 is 4.31 Å². The third-order valence-electron chi connectivity index (χ3n) is 4.71. The van der Waals surface area contributed by atoms with Crippen LogP contribution in [0.5, 0.6) is 0 Å². The van der Waals surface area contributed by atoms with Crippen molar-refractivity contribution in [2.24, 2.45) is 0 Å². The van der Waals surface area contributed by atoms with Gasteiger partial charge in [-0.15, -0.1) is 0 Å². The first-order valence-corrected chi connectivity index (χ1v) is 8.68. The normalized spacial score (nSPS) is 16.8. The quantitative estimate of drug-likeness (QED) is 0.624. The minimum absolute atomic E-state index is 0.996. The van der Waals surface area contributed by atoms with Gasteiger partial charge >= 0.3 is 0 Å². The first-order chi connectivity index (χ1) is 11.3. The Bertz CT molecular complexity index is 916. The van der Waals surface area contributed by atoms with Crippen molar-refractivity contribution in [3.05, 3.63) is 59.9 Å². The van der Waals surface area contributed by atoms with Crippen molar-refractivity contribution in [3.8, 4) is 11.1 Å². The summed E-state index contributed by atoms with van der Waals surface area (Å²) in [5.74, 6) is 0. The van der Waals surface area contributed by atoms with Crippen LogP contribution in [0.25, 0.3) is 21.9 Å². The summed E-state index contributed by atoms with van der Waals surface area (Å²) < 4.78 is 4.74. The zero-order valence-corrected chi connectivity index (χ0v) is 13.8. The van der Waals surface area contributed by atoms with E-state index in [0.29, 0.717) is 0 Å². The molecule has 5 rings (SSSR count). The van der Waals surface area contributed by atoms with E-state index in [1.54, 1.807) is 0 Å². The predicted octanol–water partition coefficient (Wildman–Crippen LogP) is 4.27. The summed E-state index contributed by atoms with van der Waals surface area (Å²) >= 11 is 1.84. The minimum Gasteiger partial charge on any atom is -0.302 e. The maximum absolute atomic E-state index is 4.46. The summed E-state index contributed by atoms with van der Waals surface area (Å²) in [5, 5.41) is 2.48. The highest BCUT2D eigenvalue weighted by molar-refractivity contribution is 7.98. The van der Waals surface area contributed by atoms with Crippen LogP contribution in [0.15, 0.2) is 48.8 Å². The number of nitrogens with zero attached hydrogens (tertiary/aromatic N) is 3. The average molecular weight is 319 g/mol. The van der Waals surface area contributed by atoms with Crippen molar-refractivity contribution >= 4 is 28.6 Å². The molecule has 0 atom stereocenters. The maximum atomic E-state index is 4.46. The molecule has 0 aliphatic carbocycles. The van der Waals surface area contributed by atoms with Crippen molar-refractivity contribution in [3.63, 3.8) is 0 Å². The second kappa shape index (κ2) is 4.98. The molecule has 0 unspecified atom stereocenters. The van der Waals surface area contributed by atoms with E-state index in [2.05, 4.69) is 57.0 Å². The fourth-order valence-corrected chi connectivity index (χ4v) is 4.77. The van der Waals surface area contributed by atoms with Crippen LogP contribution in [0, 0.1) is 0 Å². The second-order valence-electron chi connectivity index (χ2n) is 6.27. The third-order valence-corrected chi connectivity index (χ3v) is 5.68. The van der Waals surface area contributed by atoms with E-state index >= 15 is 0 Å². The molecule has 0 saturated heterocycles. The molecule has 2 aromatic carbocycles. The van der Waals surface area contributed by atoms with Gasteiger partial charge in [-0.1, -0.05) is 24.3 Å². The molecule has 2 aliphatic heterocycles. The standard InChI is InChI=1S/C19H17N3S/c1-21-12-16-9-15(8-13-6-7-22(23-21)19(13)16)18-11-20-10-14-4-2-3-5-17(14)18/h2-5,8-11H,6-7,12H2,1H3. The lowest BCUT2D eigenvalue weighted by atomic mass is 9.95. The molecular formula is C19H17N3S. The van der Waals surface area contributed by atoms with Gasteiger partial charge in [-0.25, -0.2) is 4.31 Å². The molecule has 1 aromatic heterocycles. The molecule has 4 heteroatoms. The van der Waals surface area contributed by atoms with E-state index in [1.165, 1.54) is 38.7 Å². The molecule has 0 N–H and O–H groups in total. The Morgan fingerprint density at radius 3 is 2.91 bits per heavy atom. The highest BCUT2D eigenvalue weighted by atomic mass is 32.2. The van der Waals surface area contributed by atoms with Gasteiger partial charge in [-0.3, -0.25) is 4.98 Å². The second-order valence-corrected chi connectivity index (χ2v) is 7.50. The molecule has 114 valence electrons. The largest absolute Gasteiger partial charge is 0.302 e. The fraction of sp³-hybridized carbons (Fsp3) is 0.211. The van der Waals surface area contributed by atoms with Gasteiger partial charge in [0.15, 0.2) is 0 Å². The summed E-state index contributed by atoms with van der Waals surface area (Å²) in [5.41, 5.74) is 6.90. The molecule has 0 spiro atoms. The highest BCUT2D eigenvalue weighted by Crippen LogP contribution is 2.44. The summed E-state index contributed by atoms with van der Waals surface area (Å²) in [6.45, 7) is 2.10. The van der Waals surface area contributed by atoms with Gasteiger partial charge in [0.05, 0.1) is 5.69 Å². The number of aromatic nitrogens is 1. The van der Waals surface area contributed by atoms with Crippen LogP contribution < -0.4 is 4.31 Å². The van der Waals surface area contributed by atoms with E-state index in [4.69, 9.17) is 0 Å². The van der Waals surface area contributed by atoms with Gasteiger partial charge in [0.2, 0.25) is 0 Å². The number of anilines is 1. The van der Waals surface area contributed by atoms with Crippen molar-refractivity contribution < 1.29 is 0 Å². The molecule has 0 bridgehead atoms. The molecule has 3 nitrogen and oxygen atoms in total. The zero-order valence-electron chi connectivity index (χ0n) is 13.0. The lowest BCUT2D eigenvalue weighted by Crippen LogP contribution is -2.26. The average Bonchev–Trinajstić information content (AvgIpc) is 2.98. The molecule has 3 heterocycles. The molecule has 0 radical (unpaired) electrons. The Morgan fingerprint density at radius 1 is 1.09 bits per heavy atom. The number of hydrogen-bond acceptors (Lipinski definition) is 4. The van der Waals surface area contributed by atoms with Crippen molar-refractivity contribution in [2.75, 3.05) is 17.9 Å². The zero-order chi connectivity index (χ0) is 15.4. The van der Waals surface area contributed by atoms with Gasteiger partial charge in [0.25, 0.3) is 0 Å². The number of benzene rings is 2. The van der Waals surface area contributed by atoms with E-state index in [9.17, 15) is 0 Å². The predicted molar refractivity (Wildman–Crippen MR) is 97.3 cm³/mol. The van der Waals surface area contributed by atoms with E-state index in [-0.39, 0.29) is 0 Å². The molecule has 0 fully saturated rings. The number of rotatable bonds is 1. The van der Waals surface area contributed by atoms with Crippen LogP contribution in [-0.4, -0.2) is 22.9 Å². The Balaban J connectivity index is 1.74. The number of fused-ring (bicyclic) bond motifs is 1. The lowest BCUT2D eigenvalue weighted by Gasteiger charge is -2.32. The van der Waals surface area contributed by atoms with Crippen LogP contribution in [0.2, 0.25) is 0 Å². The van der Waals surface area contributed by atoms with Gasteiger partial charge in [0, 0.05) is 48.6 Å². The van der Waals surface area contributed by atoms with Gasteiger partial charge in [0.1, 0.15) is 0 Å². The first kappa shape index (κ1) is 13.4. The first-order valence-electron chi connectivity index (χ1n) is 7.95. The van der Waals surface area contributed by atoms with Crippen LogP contribution in [0.4, 0.5) is 5.69 Å². The molecule has 0 amide bonds. The molecule has 23 heavy (non-hydrogen) atoms. The smallest absolute Gasteiger partial charge is 0.0560 e. The Kier molecular flexibility index (Phi) is 2.90. The topological polar surface area (TPSA) is 19.4 Å². The van der Waals surface area contributed by atoms with Crippen LogP contribution >= 0.6 is 12.1 Å². The molecule has 0 saturated carbocycles. The molecular weight excluding hydrogens is 302 g/mol. The fourth-order valence-electron chi connectivity index (χ4n) is 3.75. The summed E-state index contributed by atoms with van der Waals surface area (Å²) in [4.78, 5) is 4.46. The highest BCUT2D eigenvalue weighted by Gasteiger charge is 2.29. The summed E-state index contributed by atoms with van der Waals surface area (Å²) in [7, 11) is 2.16. The molecule has 3 aromatic rings. The van der Waals surface area contributed by atoms with Crippen molar-refractivity contribution in [2.45, 2.75) is 13.0 Å². The van der Waals surface area contributed by atoms with Crippen LogP contribution in [0.1, 0.15) is 11.1 Å². The number of hydrogen-bond donors (Lipinski definition) is 0. The van der Waals surface area contributed by atoms with Gasteiger partial charge in [-0.2, -0.15) is 0 Å². The number of pyridine rings is 1. The van der Waals surface area contributed by atoms with Crippen molar-refractivity contribution in [1.82, 2.24) is 9.29 Å². The van der Waals surface area contributed by atoms with Gasteiger partial charge in [-0.05, 0) is 47.7 Å². The summed E-state index contributed by atoms with van der Waals surface area (Å²) in [6, 6.07) is 13.2. The van der Waals surface area contributed by atoms with Crippen LogP contribution in [0.3, 0.4) is 0 Å². The Morgan fingerprint density at radius 2 is 1.96 bits per heavy atom. The SMILES string of the molecule is CN1Cc2cc(-c3cncc4ccccc34)cc3c2N(CC3)S1. The maximum Gasteiger partial charge on any atom is 0.0560 e. The Hall–Kier alpha value is -2.04. The monoisotopic (exact) mass is 319 g/mol. The Labute approximate surface area is 140 Å².